The Labute approximate surface area is 402 Å². The molecule has 0 nitrogen and oxygen atoms in total. The minimum Gasteiger partial charge on any atom is -0.0654 e. The molecule has 7 saturated carbocycles. The van der Waals surface area contributed by atoms with Gasteiger partial charge in [-0.15, -0.1) is 0 Å². The van der Waals surface area contributed by atoms with Gasteiger partial charge in [0.25, 0.3) is 0 Å². The first-order valence-corrected chi connectivity index (χ1v) is 28.8. The topological polar surface area (TPSA) is 0 Å². The average molecular weight is 882 g/mol. The Balaban J connectivity index is 0.000000208. The highest BCUT2D eigenvalue weighted by atomic mass is 14.6. The molecule has 2 aromatic carbocycles. The van der Waals surface area contributed by atoms with Gasteiger partial charge in [-0.25, -0.2) is 0 Å². The summed E-state index contributed by atoms with van der Waals surface area (Å²) in [5.74, 6) is 8.53. The van der Waals surface area contributed by atoms with E-state index in [2.05, 4.69) is 133 Å². The molecule has 368 valence electrons. The molecule has 64 heavy (non-hydrogen) atoms. The fourth-order valence-electron chi connectivity index (χ4n) is 13.5. The van der Waals surface area contributed by atoms with Crippen molar-refractivity contribution in [2.75, 3.05) is 0 Å². The van der Waals surface area contributed by atoms with Crippen LogP contribution >= 0.6 is 0 Å². The zero-order valence-electron chi connectivity index (χ0n) is 45.9. The molecule has 0 saturated heterocycles. The van der Waals surface area contributed by atoms with Gasteiger partial charge in [-0.05, 0) is 165 Å². The molecule has 0 aliphatic heterocycles. The van der Waals surface area contributed by atoms with Crippen LogP contribution in [0.5, 0.6) is 0 Å². The van der Waals surface area contributed by atoms with Crippen molar-refractivity contribution in [3.63, 3.8) is 0 Å². The lowest BCUT2D eigenvalue weighted by Gasteiger charge is -2.60. The van der Waals surface area contributed by atoms with Crippen LogP contribution in [-0.4, -0.2) is 0 Å². The molecule has 0 aromatic heterocycles. The second-order valence-electron chi connectivity index (χ2n) is 24.5. The first-order chi connectivity index (χ1) is 30.6. The molecule has 0 unspecified atom stereocenters. The van der Waals surface area contributed by atoms with E-state index in [1.54, 1.807) is 57.8 Å². The number of benzene rings is 2. The summed E-state index contributed by atoms with van der Waals surface area (Å²) in [7, 11) is 0. The lowest BCUT2D eigenvalue weighted by molar-refractivity contribution is -0.0920. The lowest BCUT2D eigenvalue weighted by atomic mass is 9.45. The first kappa shape index (κ1) is 56.8. The van der Waals surface area contributed by atoms with Crippen LogP contribution in [0.2, 0.25) is 0 Å². The molecular formula is C64H112. The van der Waals surface area contributed by atoms with Gasteiger partial charge in [0, 0.05) is 0 Å². The summed E-state index contributed by atoms with van der Waals surface area (Å²) in [6.45, 7) is 32.3. The molecule has 0 radical (unpaired) electrons. The number of aryl methyl sites for hydroxylation is 2. The third kappa shape index (κ3) is 20.3. The summed E-state index contributed by atoms with van der Waals surface area (Å²) in [4.78, 5) is 0. The summed E-state index contributed by atoms with van der Waals surface area (Å²) in [5, 5.41) is 0. The molecule has 0 amide bonds. The quantitative estimate of drug-likeness (QED) is 0.207. The number of fused-ring (bicyclic) bond motifs is 3. The predicted octanol–water partition coefficient (Wildman–Crippen LogP) is 21.5. The summed E-state index contributed by atoms with van der Waals surface area (Å²) in [6.07, 6.45) is 40.8. The highest BCUT2D eigenvalue weighted by Crippen LogP contribution is 2.64. The van der Waals surface area contributed by atoms with Crippen molar-refractivity contribution in [3.05, 3.63) is 58.7 Å². The van der Waals surface area contributed by atoms with Crippen LogP contribution in [0.3, 0.4) is 0 Å². The molecule has 10 rings (SSSR count). The van der Waals surface area contributed by atoms with Crippen molar-refractivity contribution in [1.29, 1.82) is 0 Å². The van der Waals surface area contributed by atoms with E-state index in [1.165, 1.54) is 149 Å². The van der Waals surface area contributed by atoms with Crippen LogP contribution in [0.1, 0.15) is 279 Å². The fourth-order valence-corrected chi connectivity index (χ4v) is 13.5. The van der Waals surface area contributed by atoms with Gasteiger partial charge in [0.1, 0.15) is 0 Å². The second-order valence-corrected chi connectivity index (χ2v) is 24.5. The molecule has 0 heterocycles. The van der Waals surface area contributed by atoms with Gasteiger partial charge in [0.15, 0.2) is 0 Å². The van der Waals surface area contributed by atoms with Crippen molar-refractivity contribution in [2.24, 2.45) is 58.2 Å². The van der Waals surface area contributed by atoms with Crippen LogP contribution in [0.25, 0.3) is 11.1 Å². The standard InChI is InChI=1S/C15H14.C14H26.C12H20.C8H16.C6H14.C5H12.C4H10/c1-10-3-5-14-12(7-10)9-13-8-11(2)4-6-15(13)14;1-11-3-7-13(8-4-11)14-9-5-12(2)6-10-14;1-11-4-9-3-10(5-11)7-12(2,6-9)8-11;1-7-3-5-8(2)6-4-7;1-3-5-6-4-2;1-3-5-4-2;1-3-4-2/h3-8H,9H2,1-2H3;11-14H,3-10H2,1-2H3;9-10H,3-8H2,1-2H3;7-8H,3-6H2,1-2H3;3-6H2,1-2H3;3-5H2,1-2H3;3-4H2,1-2H3. The highest BCUT2D eigenvalue weighted by Gasteiger charge is 2.53. The normalized spacial score (nSPS) is 31.4. The third-order valence-electron chi connectivity index (χ3n) is 17.1. The Hall–Kier alpha value is -1.56. The van der Waals surface area contributed by atoms with Gasteiger partial charge >= 0.3 is 0 Å². The Morgan fingerprint density at radius 3 is 1.00 bits per heavy atom. The molecule has 0 N–H and O–H groups in total. The highest BCUT2D eigenvalue weighted by molar-refractivity contribution is 5.77. The first-order valence-electron chi connectivity index (χ1n) is 28.8. The lowest BCUT2D eigenvalue weighted by Crippen LogP contribution is -2.49. The van der Waals surface area contributed by atoms with E-state index in [0.29, 0.717) is 0 Å². The smallest absolute Gasteiger partial charge is 0.00133 e. The van der Waals surface area contributed by atoms with Crippen LogP contribution in [0.15, 0.2) is 36.4 Å². The Bertz CT molecular complexity index is 1360. The van der Waals surface area contributed by atoms with E-state index in [0.717, 1.165) is 64.6 Å². The van der Waals surface area contributed by atoms with Crippen molar-refractivity contribution in [2.45, 2.75) is 277 Å². The van der Waals surface area contributed by atoms with Crippen LogP contribution in [0, 0.1) is 72.0 Å². The van der Waals surface area contributed by atoms with Crippen LogP contribution in [-0.2, 0) is 6.42 Å². The van der Waals surface area contributed by atoms with E-state index >= 15 is 0 Å². The van der Waals surface area contributed by atoms with E-state index in [9.17, 15) is 0 Å². The van der Waals surface area contributed by atoms with Crippen LogP contribution in [0.4, 0.5) is 0 Å². The van der Waals surface area contributed by atoms with E-state index in [1.807, 2.05) is 0 Å². The average Bonchev–Trinajstić information content (AvgIpc) is 3.61. The molecule has 0 heteroatoms. The molecule has 0 atom stereocenters. The SMILES string of the molecule is CC12CC3CC(C1)CC(C)(C3)C2.CC1CCC(C)CC1.CC1CCC(C2CCC(C)CC2)CC1.CCCC.CCCCC.CCCCCC.Cc1ccc2c(c1)Cc1cc(C)ccc1-2. The van der Waals surface area contributed by atoms with Gasteiger partial charge in [-0.1, -0.05) is 240 Å². The predicted molar refractivity (Wildman–Crippen MR) is 290 cm³/mol. The minimum atomic E-state index is 0.763. The van der Waals surface area contributed by atoms with Crippen molar-refractivity contribution < 1.29 is 0 Å². The van der Waals surface area contributed by atoms with Crippen molar-refractivity contribution in [3.8, 4) is 11.1 Å². The zero-order chi connectivity index (χ0) is 47.1. The van der Waals surface area contributed by atoms with E-state index in [4.69, 9.17) is 0 Å². The molecule has 2 aromatic rings. The van der Waals surface area contributed by atoms with Gasteiger partial charge in [-0.3, -0.25) is 0 Å². The summed E-state index contributed by atoms with van der Waals surface area (Å²) < 4.78 is 0. The Kier molecular flexibility index (Phi) is 26.6. The summed E-state index contributed by atoms with van der Waals surface area (Å²) >= 11 is 0. The minimum absolute atomic E-state index is 0.763. The van der Waals surface area contributed by atoms with Gasteiger partial charge < -0.3 is 0 Å². The molecule has 8 aliphatic rings. The largest absolute Gasteiger partial charge is 0.0654 e. The maximum Gasteiger partial charge on any atom is -0.00133 e. The van der Waals surface area contributed by atoms with Crippen molar-refractivity contribution in [1.82, 2.24) is 0 Å². The number of unbranched alkanes of at least 4 members (excludes halogenated alkanes) is 6. The third-order valence-corrected chi connectivity index (χ3v) is 17.1. The van der Waals surface area contributed by atoms with Crippen LogP contribution < -0.4 is 0 Å². The van der Waals surface area contributed by atoms with Gasteiger partial charge in [0.2, 0.25) is 0 Å². The number of rotatable bonds is 7. The molecule has 8 aliphatic carbocycles. The molecule has 7 fully saturated rings. The molecular weight excluding hydrogens is 769 g/mol. The van der Waals surface area contributed by atoms with E-state index < -0.39 is 0 Å². The number of hydrogen-bond donors (Lipinski definition) is 0. The van der Waals surface area contributed by atoms with Crippen molar-refractivity contribution >= 4 is 0 Å². The number of hydrogen-bond acceptors (Lipinski definition) is 0. The Morgan fingerprint density at radius 1 is 0.422 bits per heavy atom. The Morgan fingerprint density at radius 2 is 0.734 bits per heavy atom. The van der Waals surface area contributed by atoms with E-state index in [-0.39, 0.29) is 0 Å². The zero-order valence-corrected chi connectivity index (χ0v) is 45.9. The second kappa shape index (κ2) is 30.0. The van der Waals surface area contributed by atoms with Gasteiger partial charge in [0.05, 0.1) is 0 Å². The maximum absolute atomic E-state index is 2.54. The summed E-state index contributed by atoms with van der Waals surface area (Å²) in [6, 6.07) is 13.5. The molecule has 4 bridgehead atoms. The fraction of sp³-hybridized carbons (Fsp3) is 0.812. The maximum atomic E-state index is 2.54. The molecule has 0 spiro atoms. The van der Waals surface area contributed by atoms with Gasteiger partial charge in [-0.2, -0.15) is 0 Å². The monoisotopic (exact) mass is 881 g/mol. The summed E-state index contributed by atoms with van der Waals surface area (Å²) in [5.41, 5.74) is 10.1.